The summed E-state index contributed by atoms with van der Waals surface area (Å²) in [7, 11) is 1.86. The highest BCUT2D eigenvalue weighted by atomic mass is 15.2. The Balaban J connectivity index is 1.70. The number of guanidine groups is 1. The summed E-state index contributed by atoms with van der Waals surface area (Å²) >= 11 is 0. The van der Waals surface area contributed by atoms with Crippen LogP contribution in [-0.2, 0) is 0 Å². The zero-order valence-electron chi connectivity index (χ0n) is 11.8. The molecule has 0 aromatic carbocycles. The van der Waals surface area contributed by atoms with Gasteiger partial charge >= 0.3 is 0 Å². The maximum atomic E-state index is 4.32. The molecule has 0 radical (unpaired) electrons. The van der Waals surface area contributed by atoms with Gasteiger partial charge in [-0.15, -0.1) is 0 Å². The van der Waals surface area contributed by atoms with Gasteiger partial charge in [0.2, 0.25) is 0 Å². The molecule has 0 amide bonds. The summed E-state index contributed by atoms with van der Waals surface area (Å²) in [6.07, 6.45) is 12.3. The van der Waals surface area contributed by atoms with E-state index in [9.17, 15) is 0 Å². The number of rotatable bonds is 3. The van der Waals surface area contributed by atoms with E-state index in [0.29, 0.717) is 6.04 Å². The highest BCUT2D eigenvalue weighted by Gasteiger charge is 2.19. The van der Waals surface area contributed by atoms with Crippen molar-refractivity contribution in [3.63, 3.8) is 0 Å². The molecule has 2 rings (SSSR count). The summed E-state index contributed by atoms with van der Waals surface area (Å²) in [5.41, 5.74) is 0. The molecule has 0 aromatic rings. The first kappa shape index (κ1) is 13.4. The molecular weight excluding hydrogens is 222 g/mol. The lowest BCUT2D eigenvalue weighted by Gasteiger charge is -2.27. The summed E-state index contributed by atoms with van der Waals surface area (Å²) in [5.74, 6) is 2.70. The number of hydrogen-bond donors (Lipinski definition) is 2. The molecular formula is C15H27N3. The normalized spacial score (nSPS) is 29.6. The second kappa shape index (κ2) is 6.81. The monoisotopic (exact) mass is 249 g/mol. The molecule has 2 atom stereocenters. The molecule has 1 saturated carbocycles. The lowest BCUT2D eigenvalue weighted by Crippen LogP contribution is -2.44. The van der Waals surface area contributed by atoms with E-state index in [4.69, 9.17) is 0 Å². The minimum atomic E-state index is 0.543. The molecule has 0 spiro atoms. The van der Waals surface area contributed by atoms with E-state index in [1.54, 1.807) is 0 Å². The Kier molecular flexibility index (Phi) is 5.09. The van der Waals surface area contributed by atoms with Gasteiger partial charge in [-0.25, -0.2) is 0 Å². The van der Waals surface area contributed by atoms with Crippen molar-refractivity contribution in [2.45, 2.75) is 51.5 Å². The van der Waals surface area contributed by atoms with Crippen molar-refractivity contribution in [3.05, 3.63) is 12.2 Å². The Morgan fingerprint density at radius 1 is 1.28 bits per heavy atom. The van der Waals surface area contributed by atoms with Crippen LogP contribution in [-0.4, -0.2) is 25.6 Å². The predicted molar refractivity (Wildman–Crippen MR) is 77.8 cm³/mol. The van der Waals surface area contributed by atoms with E-state index in [2.05, 4.69) is 34.7 Å². The van der Waals surface area contributed by atoms with Gasteiger partial charge in [-0.2, -0.15) is 0 Å². The van der Waals surface area contributed by atoms with Crippen LogP contribution >= 0.6 is 0 Å². The molecule has 18 heavy (non-hydrogen) atoms. The highest BCUT2D eigenvalue weighted by Crippen LogP contribution is 2.27. The number of nitrogens with one attached hydrogen (secondary N) is 2. The fourth-order valence-corrected chi connectivity index (χ4v) is 3.11. The first-order chi connectivity index (χ1) is 8.78. The average molecular weight is 249 g/mol. The molecule has 2 aliphatic rings. The standard InChI is InChI=1S/C15H27N3/c1-12-6-5-7-13(10-12)11-17-15(16-2)18-14-8-3-4-9-14/h3-4,12-14H,5-11H2,1-2H3,(H2,16,17,18). The molecule has 2 unspecified atom stereocenters. The topological polar surface area (TPSA) is 36.4 Å². The van der Waals surface area contributed by atoms with Crippen molar-refractivity contribution in [1.29, 1.82) is 0 Å². The minimum Gasteiger partial charge on any atom is -0.356 e. The quantitative estimate of drug-likeness (QED) is 0.458. The average Bonchev–Trinajstić information content (AvgIpc) is 2.87. The Morgan fingerprint density at radius 3 is 2.72 bits per heavy atom. The van der Waals surface area contributed by atoms with Crippen LogP contribution in [0.5, 0.6) is 0 Å². The summed E-state index contributed by atoms with van der Waals surface area (Å²) < 4.78 is 0. The Bertz CT molecular complexity index is 301. The van der Waals surface area contributed by atoms with Crippen molar-refractivity contribution in [1.82, 2.24) is 10.6 Å². The molecule has 0 aliphatic heterocycles. The molecule has 2 aliphatic carbocycles. The molecule has 0 aromatic heterocycles. The lowest BCUT2D eigenvalue weighted by molar-refractivity contribution is 0.282. The van der Waals surface area contributed by atoms with Gasteiger partial charge in [0.1, 0.15) is 0 Å². The van der Waals surface area contributed by atoms with Crippen LogP contribution in [0, 0.1) is 11.8 Å². The van der Waals surface area contributed by atoms with Crippen LogP contribution < -0.4 is 10.6 Å². The number of hydrogen-bond acceptors (Lipinski definition) is 1. The van der Waals surface area contributed by atoms with Gasteiger partial charge in [-0.1, -0.05) is 31.9 Å². The van der Waals surface area contributed by atoms with Crippen molar-refractivity contribution < 1.29 is 0 Å². The van der Waals surface area contributed by atoms with Gasteiger partial charge in [-0.3, -0.25) is 4.99 Å². The zero-order chi connectivity index (χ0) is 12.8. The van der Waals surface area contributed by atoms with Crippen LogP contribution in [0.15, 0.2) is 17.1 Å². The third kappa shape index (κ3) is 4.04. The molecule has 1 fully saturated rings. The molecule has 0 heterocycles. The van der Waals surface area contributed by atoms with Crippen LogP contribution in [0.1, 0.15) is 45.4 Å². The van der Waals surface area contributed by atoms with E-state index >= 15 is 0 Å². The molecule has 0 saturated heterocycles. The van der Waals surface area contributed by atoms with Gasteiger partial charge < -0.3 is 10.6 Å². The molecule has 2 N–H and O–H groups in total. The van der Waals surface area contributed by atoms with Crippen molar-refractivity contribution in [2.24, 2.45) is 16.8 Å². The molecule has 3 heteroatoms. The summed E-state index contributed by atoms with van der Waals surface area (Å²) in [6, 6.07) is 0.543. The summed E-state index contributed by atoms with van der Waals surface area (Å²) in [4.78, 5) is 4.32. The third-order valence-corrected chi connectivity index (χ3v) is 4.18. The van der Waals surface area contributed by atoms with Crippen molar-refractivity contribution in [3.8, 4) is 0 Å². The SMILES string of the molecule is CN=C(NCC1CCCC(C)C1)NC1CC=CC1. The fraction of sp³-hybridized carbons (Fsp3) is 0.800. The number of nitrogens with zero attached hydrogens (tertiary/aromatic N) is 1. The smallest absolute Gasteiger partial charge is 0.191 e. The lowest BCUT2D eigenvalue weighted by atomic mass is 9.82. The van der Waals surface area contributed by atoms with Crippen molar-refractivity contribution >= 4 is 5.96 Å². The summed E-state index contributed by atoms with van der Waals surface area (Å²) in [5, 5.41) is 6.99. The third-order valence-electron chi connectivity index (χ3n) is 4.18. The van der Waals surface area contributed by atoms with Crippen LogP contribution in [0.4, 0.5) is 0 Å². The number of aliphatic imine (C=N–C) groups is 1. The highest BCUT2D eigenvalue weighted by molar-refractivity contribution is 5.80. The van der Waals surface area contributed by atoms with Gasteiger partial charge in [0, 0.05) is 19.6 Å². The van der Waals surface area contributed by atoms with Gasteiger partial charge in [0.15, 0.2) is 5.96 Å². The second-order valence-electron chi connectivity index (χ2n) is 5.87. The van der Waals surface area contributed by atoms with Gasteiger partial charge in [-0.05, 0) is 37.5 Å². The van der Waals surface area contributed by atoms with Crippen molar-refractivity contribution in [2.75, 3.05) is 13.6 Å². The van der Waals surface area contributed by atoms with Crippen LogP contribution in [0.2, 0.25) is 0 Å². The Morgan fingerprint density at radius 2 is 2.06 bits per heavy atom. The van der Waals surface area contributed by atoms with E-state index < -0.39 is 0 Å². The molecule has 102 valence electrons. The minimum absolute atomic E-state index is 0.543. The largest absolute Gasteiger partial charge is 0.356 e. The Hall–Kier alpha value is -0.990. The van der Waals surface area contributed by atoms with Crippen LogP contribution in [0.3, 0.4) is 0 Å². The van der Waals surface area contributed by atoms with Gasteiger partial charge in [0.25, 0.3) is 0 Å². The van der Waals surface area contributed by atoms with Gasteiger partial charge in [0.05, 0.1) is 0 Å². The van der Waals surface area contributed by atoms with E-state index in [1.807, 2.05) is 7.05 Å². The predicted octanol–water partition coefficient (Wildman–Crippen LogP) is 2.70. The maximum absolute atomic E-state index is 4.32. The summed E-state index contributed by atoms with van der Waals surface area (Å²) in [6.45, 7) is 3.45. The molecule has 3 nitrogen and oxygen atoms in total. The first-order valence-electron chi connectivity index (χ1n) is 7.40. The maximum Gasteiger partial charge on any atom is 0.191 e. The van der Waals surface area contributed by atoms with Crippen LogP contribution in [0.25, 0.3) is 0 Å². The first-order valence-corrected chi connectivity index (χ1v) is 7.40. The zero-order valence-corrected chi connectivity index (χ0v) is 11.8. The second-order valence-corrected chi connectivity index (χ2v) is 5.87. The van der Waals surface area contributed by atoms with E-state index in [0.717, 1.165) is 37.2 Å². The fourth-order valence-electron chi connectivity index (χ4n) is 3.11. The van der Waals surface area contributed by atoms with E-state index in [-0.39, 0.29) is 0 Å². The molecule has 0 bridgehead atoms. The Labute approximate surface area is 111 Å². The van der Waals surface area contributed by atoms with E-state index in [1.165, 1.54) is 25.7 Å².